The SMILES string of the molecule is COc1cc(N)ccc1-c1nc2cccnc2s1. The first kappa shape index (κ1) is 11.0. The summed E-state index contributed by atoms with van der Waals surface area (Å²) < 4.78 is 5.34. The van der Waals surface area contributed by atoms with Gasteiger partial charge in [-0.15, -0.1) is 0 Å². The van der Waals surface area contributed by atoms with Crippen LogP contribution in [0.2, 0.25) is 0 Å². The number of pyridine rings is 1. The van der Waals surface area contributed by atoms with E-state index in [4.69, 9.17) is 10.5 Å². The second kappa shape index (κ2) is 4.27. The van der Waals surface area contributed by atoms with Crippen LogP contribution >= 0.6 is 11.3 Å². The monoisotopic (exact) mass is 257 g/mol. The van der Waals surface area contributed by atoms with Crippen LogP contribution < -0.4 is 10.5 Å². The number of hydrogen-bond acceptors (Lipinski definition) is 5. The highest BCUT2D eigenvalue weighted by molar-refractivity contribution is 7.21. The molecule has 0 unspecified atom stereocenters. The molecule has 4 nitrogen and oxygen atoms in total. The number of methoxy groups -OCH3 is 1. The van der Waals surface area contributed by atoms with Gasteiger partial charge in [0.05, 0.1) is 12.7 Å². The molecule has 2 heterocycles. The van der Waals surface area contributed by atoms with Crippen LogP contribution in [-0.2, 0) is 0 Å². The Kier molecular flexibility index (Phi) is 2.60. The molecule has 3 aromatic rings. The highest BCUT2D eigenvalue weighted by atomic mass is 32.1. The Morgan fingerprint density at radius 3 is 2.94 bits per heavy atom. The van der Waals surface area contributed by atoms with Crippen molar-refractivity contribution in [2.75, 3.05) is 12.8 Å². The first-order valence-electron chi connectivity index (χ1n) is 5.43. The van der Waals surface area contributed by atoms with E-state index < -0.39 is 0 Å². The third-order valence-corrected chi connectivity index (χ3v) is 3.63. The Hall–Kier alpha value is -2.14. The first-order valence-corrected chi connectivity index (χ1v) is 6.25. The van der Waals surface area contributed by atoms with Gasteiger partial charge in [-0.3, -0.25) is 0 Å². The molecule has 2 N–H and O–H groups in total. The van der Waals surface area contributed by atoms with Crippen LogP contribution in [0.25, 0.3) is 20.9 Å². The number of thiazole rings is 1. The Balaban J connectivity index is 2.19. The predicted octanol–water partition coefficient (Wildman–Crippen LogP) is 2.95. The van der Waals surface area contributed by atoms with E-state index in [1.807, 2.05) is 24.3 Å². The zero-order chi connectivity index (χ0) is 12.5. The molecule has 0 spiro atoms. The molecule has 1 aromatic carbocycles. The molecule has 0 saturated heterocycles. The number of fused-ring (bicyclic) bond motifs is 1. The molecule has 90 valence electrons. The second-order valence-corrected chi connectivity index (χ2v) is 4.78. The van der Waals surface area contributed by atoms with Gasteiger partial charge in [0.25, 0.3) is 0 Å². The van der Waals surface area contributed by atoms with E-state index in [0.717, 1.165) is 26.7 Å². The molecule has 0 fully saturated rings. The third kappa shape index (κ3) is 1.78. The minimum absolute atomic E-state index is 0.676. The van der Waals surface area contributed by atoms with Crippen molar-refractivity contribution >= 4 is 27.4 Å². The summed E-state index contributed by atoms with van der Waals surface area (Å²) in [7, 11) is 1.63. The minimum Gasteiger partial charge on any atom is -0.496 e. The summed E-state index contributed by atoms with van der Waals surface area (Å²) in [6, 6.07) is 9.40. The van der Waals surface area contributed by atoms with E-state index in [9.17, 15) is 0 Å². The van der Waals surface area contributed by atoms with Gasteiger partial charge in [-0.2, -0.15) is 0 Å². The second-order valence-electron chi connectivity index (χ2n) is 3.81. The van der Waals surface area contributed by atoms with Gasteiger partial charge >= 0.3 is 0 Å². The van der Waals surface area contributed by atoms with Crippen molar-refractivity contribution in [3.05, 3.63) is 36.5 Å². The molecule has 0 bridgehead atoms. The number of nitrogens with zero attached hydrogens (tertiary/aromatic N) is 2. The normalized spacial score (nSPS) is 10.7. The summed E-state index contributed by atoms with van der Waals surface area (Å²) in [6.07, 6.45) is 1.77. The summed E-state index contributed by atoms with van der Waals surface area (Å²) in [5.41, 5.74) is 8.26. The number of hydrogen-bond donors (Lipinski definition) is 1. The zero-order valence-corrected chi connectivity index (χ0v) is 10.6. The largest absolute Gasteiger partial charge is 0.496 e. The minimum atomic E-state index is 0.676. The van der Waals surface area contributed by atoms with Crippen molar-refractivity contribution in [1.29, 1.82) is 0 Å². The lowest BCUT2D eigenvalue weighted by Crippen LogP contribution is -1.90. The smallest absolute Gasteiger partial charge is 0.143 e. The van der Waals surface area contributed by atoms with Crippen molar-refractivity contribution in [2.24, 2.45) is 0 Å². The van der Waals surface area contributed by atoms with Gasteiger partial charge in [0.15, 0.2) is 0 Å². The fraction of sp³-hybridized carbons (Fsp3) is 0.0769. The van der Waals surface area contributed by atoms with Crippen LogP contribution in [0, 0.1) is 0 Å². The van der Waals surface area contributed by atoms with Crippen molar-refractivity contribution in [1.82, 2.24) is 9.97 Å². The summed E-state index contributed by atoms with van der Waals surface area (Å²) in [5.74, 6) is 0.731. The van der Waals surface area contributed by atoms with Crippen LogP contribution in [0.15, 0.2) is 36.5 Å². The van der Waals surface area contributed by atoms with E-state index in [-0.39, 0.29) is 0 Å². The van der Waals surface area contributed by atoms with Crippen LogP contribution in [-0.4, -0.2) is 17.1 Å². The van der Waals surface area contributed by atoms with Gasteiger partial charge in [0.1, 0.15) is 21.1 Å². The molecule has 0 amide bonds. The lowest BCUT2D eigenvalue weighted by atomic mass is 10.2. The van der Waals surface area contributed by atoms with Crippen molar-refractivity contribution in [3.63, 3.8) is 0 Å². The molecule has 5 heteroatoms. The van der Waals surface area contributed by atoms with Crippen molar-refractivity contribution in [2.45, 2.75) is 0 Å². The zero-order valence-electron chi connectivity index (χ0n) is 9.75. The summed E-state index contributed by atoms with van der Waals surface area (Å²) in [4.78, 5) is 9.77. The number of anilines is 1. The third-order valence-electron chi connectivity index (χ3n) is 2.62. The lowest BCUT2D eigenvalue weighted by molar-refractivity contribution is 0.416. The average molecular weight is 257 g/mol. The summed E-state index contributed by atoms with van der Waals surface area (Å²) >= 11 is 1.54. The molecule has 0 radical (unpaired) electrons. The van der Waals surface area contributed by atoms with Crippen LogP contribution in [0.3, 0.4) is 0 Å². The highest BCUT2D eigenvalue weighted by Crippen LogP contribution is 2.35. The topological polar surface area (TPSA) is 61.0 Å². The number of ether oxygens (including phenoxy) is 1. The number of aromatic nitrogens is 2. The van der Waals surface area contributed by atoms with Crippen molar-refractivity contribution < 1.29 is 4.74 Å². The van der Waals surface area contributed by atoms with E-state index in [1.165, 1.54) is 0 Å². The molecule has 0 atom stereocenters. The number of nitrogens with two attached hydrogens (primary N) is 1. The van der Waals surface area contributed by atoms with E-state index in [1.54, 1.807) is 30.7 Å². The molecule has 0 aliphatic rings. The Labute approximate surface area is 108 Å². The van der Waals surface area contributed by atoms with Crippen LogP contribution in [0.1, 0.15) is 0 Å². The lowest BCUT2D eigenvalue weighted by Gasteiger charge is -2.06. The maximum absolute atomic E-state index is 5.75. The fourth-order valence-electron chi connectivity index (χ4n) is 1.77. The van der Waals surface area contributed by atoms with E-state index in [0.29, 0.717) is 5.69 Å². The van der Waals surface area contributed by atoms with Gasteiger partial charge in [0, 0.05) is 18.0 Å². The number of rotatable bonds is 2. The molecule has 3 rings (SSSR count). The predicted molar refractivity (Wildman–Crippen MR) is 73.8 cm³/mol. The summed E-state index contributed by atoms with van der Waals surface area (Å²) in [5, 5.41) is 0.889. The van der Waals surface area contributed by atoms with Crippen LogP contribution in [0.5, 0.6) is 5.75 Å². The first-order chi connectivity index (χ1) is 8.78. The van der Waals surface area contributed by atoms with Gasteiger partial charge in [-0.1, -0.05) is 11.3 Å². The van der Waals surface area contributed by atoms with E-state index in [2.05, 4.69) is 9.97 Å². The van der Waals surface area contributed by atoms with Crippen molar-refractivity contribution in [3.8, 4) is 16.3 Å². The standard InChI is InChI=1S/C13H11N3OS/c1-17-11-7-8(14)4-5-9(11)12-16-10-3-2-6-15-13(10)18-12/h2-7H,14H2,1H3. The molecular formula is C13H11N3OS. The van der Waals surface area contributed by atoms with Gasteiger partial charge < -0.3 is 10.5 Å². The molecular weight excluding hydrogens is 246 g/mol. The molecule has 0 aliphatic heterocycles. The fourth-order valence-corrected chi connectivity index (χ4v) is 2.71. The maximum Gasteiger partial charge on any atom is 0.143 e. The van der Waals surface area contributed by atoms with Gasteiger partial charge in [-0.05, 0) is 24.3 Å². The molecule has 2 aromatic heterocycles. The molecule has 18 heavy (non-hydrogen) atoms. The number of nitrogen functional groups attached to an aromatic ring is 1. The van der Waals surface area contributed by atoms with E-state index >= 15 is 0 Å². The maximum atomic E-state index is 5.75. The van der Waals surface area contributed by atoms with Crippen LogP contribution in [0.4, 0.5) is 5.69 Å². The quantitative estimate of drug-likeness (QED) is 0.717. The average Bonchev–Trinajstić information content (AvgIpc) is 2.82. The van der Waals surface area contributed by atoms with Gasteiger partial charge in [-0.25, -0.2) is 9.97 Å². The molecule has 0 aliphatic carbocycles. The summed E-state index contributed by atoms with van der Waals surface area (Å²) in [6.45, 7) is 0. The van der Waals surface area contributed by atoms with Gasteiger partial charge in [0.2, 0.25) is 0 Å². The Bertz CT molecular complexity index is 675. The molecule has 0 saturated carbocycles. The number of benzene rings is 1. The highest BCUT2D eigenvalue weighted by Gasteiger charge is 2.11. The Morgan fingerprint density at radius 2 is 2.17 bits per heavy atom. The Morgan fingerprint density at radius 1 is 1.28 bits per heavy atom.